The Kier molecular flexibility index (Phi) is 5.17. The molecule has 0 aliphatic heterocycles. The van der Waals surface area contributed by atoms with Crippen molar-refractivity contribution in [3.63, 3.8) is 0 Å². The number of aromatic carboxylic acids is 1. The smallest absolute Gasteiger partial charge is 0.393 e. The van der Waals surface area contributed by atoms with E-state index in [1.54, 1.807) is 0 Å². The first kappa shape index (κ1) is 18.5. The number of benzene rings is 2. The number of hydrogen-bond donors (Lipinski definition) is 1. The molecule has 6 nitrogen and oxygen atoms in total. The van der Waals surface area contributed by atoms with Crippen LogP contribution in [0.3, 0.4) is 0 Å². The predicted molar refractivity (Wildman–Crippen MR) is 81.3 cm³/mol. The summed E-state index contributed by atoms with van der Waals surface area (Å²) in [5.74, 6) is -1.60. The number of halogens is 4. The number of carboxylic acid groups (broad SMARTS) is 1. The van der Waals surface area contributed by atoms with Gasteiger partial charge in [-0.2, -0.15) is 13.2 Å². The van der Waals surface area contributed by atoms with Gasteiger partial charge in [-0.05, 0) is 23.8 Å². The van der Waals surface area contributed by atoms with Crippen molar-refractivity contribution in [1.29, 1.82) is 0 Å². The quantitative estimate of drug-likeness (QED) is 0.596. The van der Waals surface area contributed by atoms with Gasteiger partial charge in [0.15, 0.2) is 0 Å². The molecule has 10 heteroatoms. The maximum Gasteiger partial charge on any atom is 0.393 e. The van der Waals surface area contributed by atoms with E-state index in [2.05, 4.69) is 0 Å². The van der Waals surface area contributed by atoms with Gasteiger partial charge in [-0.1, -0.05) is 17.7 Å². The van der Waals surface area contributed by atoms with E-state index in [0.717, 1.165) is 30.3 Å². The molecule has 0 unspecified atom stereocenters. The maximum atomic E-state index is 12.4. The average molecular weight is 376 g/mol. The van der Waals surface area contributed by atoms with Crippen LogP contribution >= 0.6 is 11.6 Å². The topological polar surface area (TPSA) is 89.7 Å². The highest BCUT2D eigenvalue weighted by Gasteiger charge is 2.28. The van der Waals surface area contributed by atoms with E-state index >= 15 is 0 Å². The summed E-state index contributed by atoms with van der Waals surface area (Å²) in [5.41, 5.74) is -1.28. The SMILES string of the molecule is O=C(O)c1cc(Oc2ccc(CC(F)(F)F)cc2Cl)ccc1[N+](=O)[O-]. The maximum absolute atomic E-state index is 12.4. The molecular weight excluding hydrogens is 367 g/mol. The van der Waals surface area contributed by atoms with Gasteiger partial charge in [-0.15, -0.1) is 0 Å². The Morgan fingerprint density at radius 1 is 1.24 bits per heavy atom. The summed E-state index contributed by atoms with van der Waals surface area (Å²) in [6.07, 6.45) is -5.55. The van der Waals surface area contributed by atoms with Crippen LogP contribution in [0, 0.1) is 10.1 Å². The number of alkyl halides is 3. The molecule has 2 aromatic carbocycles. The lowest BCUT2D eigenvalue weighted by Gasteiger charge is -2.11. The van der Waals surface area contributed by atoms with Gasteiger partial charge in [0.05, 0.1) is 16.4 Å². The van der Waals surface area contributed by atoms with E-state index < -0.39 is 34.7 Å². The Morgan fingerprint density at radius 3 is 2.44 bits per heavy atom. The highest BCUT2D eigenvalue weighted by Crippen LogP contribution is 2.33. The van der Waals surface area contributed by atoms with Gasteiger partial charge in [0.25, 0.3) is 5.69 Å². The number of nitro groups is 1. The summed E-state index contributed by atoms with van der Waals surface area (Å²) in [4.78, 5) is 21.0. The van der Waals surface area contributed by atoms with Gasteiger partial charge in [-0.3, -0.25) is 10.1 Å². The molecule has 0 heterocycles. The Balaban J connectivity index is 2.29. The van der Waals surface area contributed by atoms with Gasteiger partial charge in [0.2, 0.25) is 0 Å². The van der Waals surface area contributed by atoms with Crippen molar-refractivity contribution in [3.8, 4) is 11.5 Å². The Morgan fingerprint density at radius 2 is 1.92 bits per heavy atom. The summed E-state index contributed by atoms with van der Waals surface area (Å²) in [7, 11) is 0. The standard InChI is InChI=1S/C15H9ClF3NO5/c16-11-5-8(7-15(17,18)19)1-4-13(11)25-9-2-3-12(20(23)24)10(6-9)14(21)22/h1-6H,7H2,(H,21,22). The molecule has 0 aliphatic carbocycles. The Bertz CT molecular complexity index is 838. The zero-order valence-corrected chi connectivity index (χ0v) is 13.0. The van der Waals surface area contributed by atoms with E-state index in [1.165, 1.54) is 6.07 Å². The highest BCUT2D eigenvalue weighted by molar-refractivity contribution is 6.32. The van der Waals surface area contributed by atoms with Gasteiger partial charge < -0.3 is 9.84 Å². The molecule has 0 aliphatic rings. The van der Waals surface area contributed by atoms with Crippen molar-refractivity contribution in [2.45, 2.75) is 12.6 Å². The van der Waals surface area contributed by atoms with Crippen molar-refractivity contribution >= 4 is 23.3 Å². The van der Waals surface area contributed by atoms with Crippen molar-refractivity contribution in [2.24, 2.45) is 0 Å². The van der Waals surface area contributed by atoms with E-state index in [0.29, 0.717) is 0 Å². The summed E-state index contributed by atoms with van der Waals surface area (Å²) >= 11 is 5.88. The van der Waals surface area contributed by atoms with Crippen LogP contribution in [0.5, 0.6) is 11.5 Å². The minimum Gasteiger partial charge on any atom is -0.477 e. The number of nitro benzene ring substituents is 1. The fourth-order valence-electron chi connectivity index (χ4n) is 2.00. The number of hydrogen-bond acceptors (Lipinski definition) is 4. The van der Waals surface area contributed by atoms with Crippen LogP contribution in [0.25, 0.3) is 0 Å². The highest BCUT2D eigenvalue weighted by atomic mass is 35.5. The normalized spacial score (nSPS) is 11.2. The second-order valence-corrected chi connectivity index (χ2v) is 5.31. The number of nitrogens with zero attached hydrogens (tertiary/aromatic N) is 1. The van der Waals surface area contributed by atoms with Crippen LogP contribution in [-0.4, -0.2) is 22.2 Å². The summed E-state index contributed by atoms with van der Waals surface area (Å²) in [6.45, 7) is 0. The van der Waals surface area contributed by atoms with Gasteiger partial charge in [0.1, 0.15) is 17.1 Å². The largest absolute Gasteiger partial charge is 0.477 e. The molecule has 0 aromatic heterocycles. The summed E-state index contributed by atoms with van der Waals surface area (Å²) in [5, 5.41) is 19.7. The van der Waals surface area contributed by atoms with Gasteiger partial charge in [0, 0.05) is 12.1 Å². The molecule has 2 aromatic rings. The van der Waals surface area contributed by atoms with Crippen molar-refractivity contribution in [3.05, 3.63) is 62.7 Å². The minimum absolute atomic E-state index is 0.0159. The van der Waals surface area contributed by atoms with Crippen LogP contribution in [0.2, 0.25) is 5.02 Å². The molecule has 0 saturated carbocycles. The monoisotopic (exact) mass is 375 g/mol. The molecule has 1 N–H and O–H groups in total. The van der Waals surface area contributed by atoms with Crippen LogP contribution < -0.4 is 4.74 Å². The number of carboxylic acids is 1. The zero-order valence-electron chi connectivity index (χ0n) is 12.2. The van der Waals surface area contributed by atoms with Crippen molar-refractivity contribution in [1.82, 2.24) is 0 Å². The van der Waals surface area contributed by atoms with E-state index in [9.17, 15) is 28.1 Å². The fourth-order valence-corrected chi connectivity index (χ4v) is 2.25. The fraction of sp³-hybridized carbons (Fsp3) is 0.133. The van der Waals surface area contributed by atoms with E-state index in [1.807, 2.05) is 0 Å². The van der Waals surface area contributed by atoms with Gasteiger partial charge >= 0.3 is 12.1 Å². The van der Waals surface area contributed by atoms with E-state index in [-0.39, 0.29) is 22.1 Å². The predicted octanol–water partition coefficient (Wildman–Crippen LogP) is 4.84. The van der Waals surface area contributed by atoms with Crippen LogP contribution in [0.15, 0.2) is 36.4 Å². The van der Waals surface area contributed by atoms with Crippen LogP contribution in [0.1, 0.15) is 15.9 Å². The number of rotatable bonds is 5. The Labute approximate surface area is 143 Å². The van der Waals surface area contributed by atoms with Gasteiger partial charge in [-0.25, -0.2) is 4.79 Å². The molecule has 0 spiro atoms. The molecular formula is C15H9ClF3NO5. The first-order valence-corrected chi connectivity index (χ1v) is 6.99. The molecule has 0 bridgehead atoms. The molecule has 0 fully saturated rings. The molecule has 0 radical (unpaired) electrons. The average Bonchev–Trinajstić information content (AvgIpc) is 2.48. The molecule has 132 valence electrons. The summed E-state index contributed by atoms with van der Waals surface area (Å²) in [6, 6.07) is 6.48. The zero-order chi connectivity index (χ0) is 18.8. The number of carbonyl (C=O) groups is 1. The molecule has 0 saturated heterocycles. The summed E-state index contributed by atoms with van der Waals surface area (Å²) < 4.78 is 42.4. The Hall–Kier alpha value is -2.81. The lowest BCUT2D eigenvalue weighted by Crippen LogP contribution is -2.11. The molecule has 25 heavy (non-hydrogen) atoms. The van der Waals surface area contributed by atoms with Crippen molar-refractivity contribution < 1.29 is 32.7 Å². The lowest BCUT2D eigenvalue weighted by molar-refractivity contribution is -0.385. The lowest BCUT2D eigenvalue weighted by atomic mass is 10.1. The third-order valence-electron chi connectivity index (χ3n) is 3.02. The number of ether oxygens (including phenoxy) is 1. The molecule has 2 rings (SSSR count). The van der Waals surface area contributed by atoms with Crippen LogP contribution in [0.4, 0.5) is 18.9 Å². The van der Waals surface area contributed by atoms with Crippen molar-refractivity contribution in [2.75, 3.05) is 0 Å². The first-order valence-electron chi connectivity index (χ1n) is 6.61. The second-order valence-electron chi connectivity index (χ2n) is 4.90. The molecule has 0 atom stereocenters. The third kappa shape index (κ3) is 4.83. The van der Waals surface area contributed by atoms with E-state index in [4.69, 9.17) is 21.4 Å². The third-order valence-corrected chi connectivity index (χ3v) is 3.32. The second kappa shape index (κ2) is 6.98. The van der Waals surface area contributed by atoms with Crippen LogP contribution in [-0.2, 0) is 6.42 Å². The minimum atomic E-state index is -4.39. The molecule has 0 amide bonds. The first-order chi connectivity index (χ1) is 11.6.